The fraction of sp³-hybridized carbons (Fsp3) is 0.613. The first-order valence-electron chi connectivity index (χ1n) is 15.8. The Bertz CT molecular complexity index is 1340. The second-order valence-corrected chi connectivity index (χ2v) is 12.5. The molecule has 3 fully saturated rings. The normalized spacial score (nSPS) is 22.5. The summed E-state index contributed by atoms with van der Waals surface area (Å²) in [7, 11) is 0. The van der Waals surface area contributed by atoms with Crippen LogP contribution in [0.15, 0.2) is 30.6 Å². The van der Waals surface area contributed by atoms with Crippen LogP contribution in [0.2, 0.25) is 0 Å². The van der Waals surface area contributed by atoms with Crippen molar-refractivity contribution >= 4 is 34.7 Å². The van der Waals surface area contributed by atoms with E-state index < -0.39 is 6.09 Å². The van der Waals surface area contributed by atoms with Crippen LogP contribution in [0, 0.1) is 0 Å². The van der Waals surface area contributed by atoms with Crippen LogP contribution in [0.1, 0.15) is 95.6 Å². The number of carbonyl (C=O) groups is 1. The van der Waals surface area contributed by atoms with Gasteiger partial charge >= 0.3 is 6.09 Å². The van der Waals surface area contributed by atoms with Crippen LogP contribution in [0.25, 0.3) is 11.2 Å². The fourth-order valence-electron chi connectivity index (χ4n) is 6.47. The Morgan fingerprint density at radius 3 is 2.31 bits per heavy atom. The molecular weight excluding hydrogens is 530 g/mol. The van der Waals surface area contributed by atoms with Gasteiger partial charge in [-0.15, -0.1) is 5.06 Å². The van der Waals surface area contributed by atoms with Crippen LogP contribution in [-0.2, 0) is 4.84 Å². The van der Waals surface area contributed by atoms with E-state index in [0.717, 1.165) is 74.0 Å². The van der Waals surface area contributed by atoms with Crippen molar-refractivity contribution in [3.8, 4) is 0 Å². The minimum absolute atomic E-state index is 0.187. The number of rotatable bonds is 8. The lowest BCUT2D eigenvalue weighted by atomic mass is 9.92. The molecule has 0 unspecified atom stereocenters. The molecule has 42 heavy (non-hydrogen) atoms. The molecule has 2 saturated carbocycles. The summed E-state index contributed by atoms with van der Waals surface area (Å²) < 4.78 is 2.25. The zero-order valence-electron chi connectivity index (χ0n) is 24.9. The van der Waals surface area contributed by atoms with E-state index in [9.17, 15) is 4.79 Å². The quantitative estimate of drug-likeness (QED) is 0.263. The van der Waals surface area contributed by atoms with Crippen molar-refractivity contribution in [3.05, 3.63) is 36.2 Å². The number of hydrogen-bond donors (Lipinski definition) is 4. The monoisotopic (exact) mass is 575 g/mol. The van der Waals surface area contributed by atoms with Gasteiger partial charge in [-0.25, -0.2) is 9.78 Å². The van der Waals surface area contributed by atoms with E-state index in [2.05, 4.69) is 34.4 Å². The van der Waals surface area contributed by atoms with Crippen molar-refractivity contribution in [2.24, 2.45) is 5.73 Å². The Balaban J connectivity index is 1.09. The molecule has 0 radical (unpaired) electrons. The number of imidazole rings is 1. The van der Waals surface area contributed by atoms with Gasteiger partial charge in [0.15, 0.2) is 17.0 Å². The van der Waals surface area contributed by atoms with E-state index in [-0.39, 0.29) is 6.04 Å². The topological polar surface area (TPSA) is 135 Å². The number of hydroxylamine groups is 2. The summed E-state index contributed by atoms with van der Waals surface area (Å²) in [6.45, 7) is 5.57. The average molecular weight is 576 g/mol. The van der Waals surface area contributed by atoms with Gasteiger partial charge in [0.1, 0.15) is 0 Å². The largest absolute Gasteiger partial charge is 0.430 e. The maximum absolute atomic E-state index is 12.5. The average Bonchev–Trinajstić information content (AvgIpc) is 3.66. The van der Waals surface area contributed by atoms with Gasteiger partial charge in [-0.3, -0.25) is 5.32 Å². The van der Waals surface area contributed by atoms with Crippen molar-refractivity contribution in [1.82, 2.24) is 24.6 Å². The molecule has 1 amide bonds. The van der Waals surface area contributed by atoms with Crippen LogP contribution in [-0.4, -0.2) is 61.9 Å². The maximum Gasteiger partial charge on any atom is 0.430 e. The van der Waals surface area contributed by atoms with Crippen molar-refractivity contribution in [2.45, 2.75) is 108 Å². The zero-order chi connectivity index (χ0) is 29.1. The van der Waals surface area contributed by atoms with E-state index in [0.29, 0.717) is 43.1 Å². The molecule has 11 heteroatoms. The van der Waals surface area contributed by atoms with E-state index >= 15 is 0 Å². The van der Waals surface area contributed by atoms with Gasteiger partial charge in [-0.05, 0) is 75.0 Å². The summed E-state index contributed by atoms with van der Waals surface area (Å²) in [5.41, 5.74) is 9.81. The first-order chi connectivity index (χ1) is 20.4. The second-order valence-electron chi connectivity index (χ2n) is 12.5. The van der Waals surface area contributed by atoms with Crippen LogP contribution in [0.3, 0.4) is 0 Å². The highest BCUT2D eigenvalue weighted by molar-refractivity contribution is 5.85. The lowest BCUT2D eigenvalue weighted by Crippen LogP contribution is -2.41. The summed E-state index contributed by atoms with van der Waals surface area (Å²) in [5, 5.41) is 11.8. The number of carbonyl (C=O) groups excluding carboxylic acids is 1. The maximum atomic E-state index is 12.5. The third kappa shape index (κ3) is 6.78. The zero-order valence-corrected chi connectivity index (χ0v) is 24.9. The minimum atomic E-state index is -0.465. The fourth-order valence-corrected chi connectivity index (χ4v) is 6.47. The van der Waals surface area contributed by atoms with Crippen molar-refractivity contribution in [3.63, 3.8) is 0 Å². The van der Waals surface area contributed by atoms with Gasteiger partial charge in [0.05, 0.1) is 6.33 Å². The van der Waals surface area contributed by atoms with Gasteiger partial charge in [-0.2, -0.15) is 9.97 Å². The number of fused-ring (bicyclic) bond motifs is 1. The number of nitrogens with two attached hydrogens (primary N) is 1. The standard InChI is InChI=1S/C31H45N9O2/c1-20(2)21-7-11-24(12-8-21)36-31(41)42-39-17-15-25(16-18-39)34-28-27-29(40(19-33-27)26-5-3-4-6-26)38-30(37-28)35-23-13-9-22(32)10-14-23/h7-8,11-12,19-20,22-23,25-26H,3-6,9-10,13-18,32H2,1-2H3,(H,36,41)(H2,34,35,37,38). The summed E-state index contributed by atoms with van der Waals surface area (Å²) in [4.78, 5) is 32.8. The Kier molecular flexibility index (Phi) is 8.76. The van der Waals surface area contributed by atoms with Gasteiger partial charge in [0, 0.05) is 42.9 Å². The SMILES string of the molecule is CC(C)c1ccc(NC(=O)ON2CCC(Nc3nc(NC4CCC(N)CC4)nc4c3ncn4C3CCCC3)CC2)cc1. The molecule has 2 aromatic heterocycles. The number of amides is 1. The van der Waals surface area contributed by atoms with E-state index in [1.54, 1.807) is 5.06 Å². The number of anilines is 3. The summed E-state index contributed by atoms with van der Waals surface area (Å²) in [6.07, 6.45) is 12.0. The highest BCUT2D eigenvalue weighted by atomic mass is 16.7. The molecule has 6 rings (SSSR count). The lowest BCUT2D eigenvalue weighted by Gasteiger charge is -2.31. The second kappa shape index (κ2) is 12.8. The van der Waals surface area contributed by atoms with Gasteiger partial charge in [-0.1, -0.05) is 38.8 Å². The Labute approximate surface area is 248 Å². The summed E-state index contributed by atoms with van der Waals surface area (Å²) in [6, 6.07) is 9.14. The van der Waals surface area contributed by atoms with Crippen molar-refractivity contribution in [1.29, 1.82) is 0 Å². The highest BCUT2D eigenvalue weighted by Gasteiger charge is 2.27. The van der Waals surface area contributed by atoms with E-state index in [1.165, 1.54) is 18.4 Å². The van der Waals surface area contributed by atoms with Crippen molar-refractivity contribution in [2.75, 3.05) is 29.0 Å². The molecule has 3 heterocycles. The number of piperidine rings is 1. The molecule has 1 aliphatic heterocycles. The molecule has 3 aromatic rings. The van der Waals surface area contributed by atoms with Crippen molar-refractivity contribution < 1.29 is 9.63 Å². The molecule has 5 N–H and O–H groups in total. The Morgan fingerprint density at radius 2 is 1.62 bits per heavy atom. The van der Waals surface area contributed by atoms with Crippen LogP contribution < -0.4 is 21.7 Å². The lowest BCUT2D eigenvalue weighted by molar-refractivity contribution is -0.106. The number of benzene rings is 1. The van der Waals surface area contributed by atoms with Crippen LogP contribution in [0.5, 0.6) is 0 Å². The first-order valence-corrected chi connectivity index (χ1v) is 15.8. The number of hydrogen-bond acceptors (Lipinski definition) is 9. The smallest absolute Gasteiger partial charge is 0.365 e. The molecule has 0 atom stereocenters. The molecule has 1 saturated heterocycles. The van der Waals surface area contributed by atoms with Gasteiger partial charge in [0.25, 0.3) is 0 Å². The predicted octanol–water partition coefficient (Wildman–Crippen LogP) is 5.79. The molecule has 3 aliphatic rings. The predicted molar refractivity (Wildman–Crippen MR) is 166 cm³/mol. The molecule has 11 nitrogen and oxygen atoms in total. The van der Waals surface area contributed by atoms with E-state index in [4.69, 9.17) is 25.5 Å². The third-order valence-corrected chi connectivity index (χ3v) is 9.08. The Hall–Kier alpha value is -3.44. The van der Waals surface area contributed by atoms with Gasteiger partial charge in [0.2, 0.25) is 5.95 Å². The summed E-state index contributed by atoms with van der Waals surface area (Å²) >= 11 is 0. The molecule has 0 bridgehead atoms. The minimum Gasteiger partial charge on any atom is -0.365 e. The number of nitrogens with one attached hydrogen (secondary N) is 3. The molecule has 226 valence electrons. The molecule has 2 aliphatic carbocycles. The molecule has 1 aromatic carbocycles. The van der Waals surface area contributed by atoms with Gasteiger partial charge < -0.3 is 25.8 Å². The molecular formula is C31H45N9O2. The van der Waals surface area contributed by atoms with E-state index in [1.807, 2.05) is 30.6 Å². The summed E-state index contributed by atoms with van der Waals surface area (Å²) in [5.74, 6) is 1.87. The Morgan fingerprint density at radius 1 is 0.929 bits per heavy atom. The van der Waals surface area contributed by atoms with Crippen LogP contribution in [0.4, 0.5) is 22.2 Å². The number of aromatic nitrogens is 4. The first kappa shape index (κ1) is 28.7. The highest BCUT2D eigenvalue weighted by Crippen LogP contribution is 2.34. The van der Waals surface area contributed by atoms with Crippen LogP contribution >= 0.6 is 0 Å². The molecule has 0 spiro atoms. The number of nitrogens with zero attached hydrogens (tertiary/aromatic N) is 5. The third-order valence-electron chi connectivity index (χ3n) is 9.08.